The molecule has 0 unspecified atom stereocenters. The van der Waals surface area contributed by atoms with E-state index in [0.29, 0.717) is 6.04 Å². The van der Waals surface area contributed by atoms with Crippen LogP contribution in [0.5, 0.6) is 5.75 Å². The predicted octanol–water partition coefficient (Wildman–Crippen LogP) is 3.22. The van der Waals surface area contributed by atoms with Crippen LogP contribution in [0, 0.1) is 5.92 Å². The zero-order chi connectivity index (χ0) is 16.8. The van der Waals surface area contributed by atoms with Crippen LogP contribution in [0.1, 0.15) is 44.1 Å². The molecular formula is C20H33ClN2O2. The van der Waals surface area contributed by atoms with Gasteiger partial charge in [0.1, 0.15) is 5.75 Å². The topological polar surface area (TPSA) is 44.7 Å². The molecule has 0 bridgehead atoms. The molecule has 2 N–H and O–H groups in total. The molecule has 1 aromatic rings. The lowest BCUT2D eigenvalue weighted by atomic mass is 9.89. The first kappa shape index (κ1) is 20.5. The summed E-state index contributed by atoms with van der Waals surface area (Å²) in [5, 5.41) is 13.3. The molecule has 2 aliphatic rings. The van der Waals surface area contributed by atoms with Crippen molar-refractivity contribution in [2.24, 2.45) is 5.92 Å². The molecule has 0 radical (unpaired) electrons. The Morgan fingerprint density at radius 3 is 2.52 bits per heavy atom. The summed E-state index contributed by atoms with van der Waals surface area (Å²) in [6.07, 6.45) is 6.62. The summed E-state index contributed by atoms with van der Waals surface area (Å²) in [7, 11) is 1.73. The second kappa shape index (κ2) is 10.4. The first-order chi connectivity index (χ1) is 11.7. The number of aliphatic hydroxyl groups excluding tert-OH is 1. The van der Waals surface area contributed by atoms with Gasteiger partial charge in [0.2, 0.25) is 0 Å². The molecule has 5 heteroatoms. The van der Waals surface area contributed by atoms with Crippen LogP contribution in [0.3, 0.4) is 0 Å². The Morgan fingerprint density at radius 1 is 1.12 bits per heavy atom. The first-order valence-corrected chi connectivity index (χ1v) is 9.50. The summed E-state index contributed by atoms with van der Waals surface area (Å²) >= 11 is 0. The maximum absolute atomic E-state index is 9.84. The van der Waals surface area contributed by atoms with Crippen LogP contribution in [-0.4, -0.2) is 48.9 Å². The van der Waals surface area contributed by atoms with E-state index in [1.54, 1.807) is 7.11 Å². The van der Waals surface area contributed by atoms with Crippen LogP contribution in [0.4, 0.5) is 0 Å². The van der Waals surface area contributed by atoms with Crippen molar-refractivity contribution >= 4 is 12.4 Å². The van der Waals surface area contributed by atoms with Gasteiger partial charge in [0.05, 0.1) is 13.2 Å². The molecule has 1 saturated carbocycles. The highest BCUT2D eigenvalue weighted by Gasteiger charge is 2.27. The molecule has 0 atom stereocenters. The number of piperidine rings is 1. The van der Waals surface area contributed by atoms with E-state index >= 15 is 0 Å². The van der Waals surface area contributed by atoms with Crippen molar-refractivity contribution in [3.05, 3.63) is 29.8 Å². The SMILES string of the molecule is COc1cccc(CN(CC2CCNCC2)C2CCC(O)CC2)c1.Cl. The van der Waals surface area contributed by atoms with E-state index in [-0.39, 0.29) is 18.5 Å². The second-order valence-corrected chi connectivity index (χ2v) is 7.44. The fourth-order valence-electron chi connectivity index (χ4n) is 4.17. The highest BCUT2D eigenvalue weighted by atomic mass is 35.5. The molecule has 1 aliphatic heterocycles. The summed E-state index contributed by atoms with van der Waals surface area (Å²) in [4.78, 5) is 2.68. The van der Waals surface area contributed by atoms with Gasteiger partial charge in [-0.2, -0.15) is 0 Å². The average Bonchev–Trinajstić information content (AvgIpc) is 2.63. The number of aliphatic hydroxyl groups is 1. The molecule has 142 valence electrons. The van der Waals surface area contributed by atoms with Crippen LogP contribution >= 0.6 is 12.4 Å². The number of ether oxygens (including phenoxy) is 1. The summed E-state index contributed by atoms with van der Waals surface area (Å²) in [5.74, 6) is 1.73. The monoisotopic (exact) mass is 368 g/mol. The number of nitrogens with one attached hydrogen (secondary N) is 1. The van der Waals surface area contributed by atoms with Gasteiger partial charge in [-0.25, -0.2) is 0 Å². The minimum atomic E-state index is -0.0844. The molecule has 1 heterocycles. The Morgan fingerprint density at radius 2 is 1.84 bits per heavy atom. The minimum Gasteiger partial charge on any atom is -0.497 e. The molecule has 4 nitrogen and oxygen atoms in total. The molecule has 0 amide bonds. The molecular weight excluding hydrogens is 336 g/mol. The van der Waals surface area contributed by atoms with Crippen molar-refractivity contribution in [1.29, 1.82) is 0 Å². The van der Waals surface area contributed by atoms with Gasteiger partial charge in [0, 0.05) is 19.1 Å². The molecule has 1 aliphatic carbocycles. The lowest BCUT2D eigenvalue weighted by Gasteiger charge is -2.38. The molecule has 0 aromatic heterocycles. The second-order valence-electron chi connectivity index (χ2n) is 7.44. The minimum absolute atomic E-state index is 0. The number of rotatable bonds is 6. The van der Waals surface area contributed by atoms with Crippen LogP contribution in [0.15, 0.2) is 24.3 Å². The van der Waals surface area contributed by atoms with Crippen molar-refractivity contribution in [2.75, 3.05) is 26.7 Å². The van der Waals surface area contributed by atoms with Crippen LogP contribution < -0.4 is 10.1 Å². The fraction of sp³-hybridized carbons (Fsp3) is 0.700. The molecule has 25 heavy (non-hydrogen) atoms. The standard InChI is InChI=1S/C20H32N2O2.ClH/c1-24-20-4-2-3-17(13-20)15-22(14-16-9-11-21-12-10-16)18-5-7-19(23)8-6-18;/h2-4,13,16,18-19,21,23H,5-12,14-15H2,1H3;1H. The normalized spacial score (nSPS) is 24.8. The van der Waals surface area contributed by atoms with Gasteiger partial charge in [-0.15, -0.1) is 12.4 Å². The largest absolute Gasteiger partial charge is 0.497 e. The van der Waals surface area contributed by atoms with E-state index in [1.165, 1.54) is 24.9 Å². The molecule has 0 spiro atoms. The van der Waals surface area contributed by atoms with E-state index in [0.717, 1.165) is 57.0 Å². The Bertz CT molecular complexity index is 500. The number of nitrogens with zero attached hydrogens (tertiary/aromatic N) is 1. The van der Waals surface area contributed by atoms with Gasteiger partial charge in [-0.05, 0) is 75.2 Å². The third-order valence-electron chi connectivity index (χ3n) is 5.65. The van der Waals surface area contributed by atoms with Crippen LogP contribution in [0.2, 0.25) is 0 Å². The Hall–Kier alpha value is -0.810. The summed E-state index contributed by atoms with van der Waals surface area (Å²) < 4.78 is 5.39. The smallest absolute Gasteiger partial charge is 0.119 e. The van der Waals surface area contributed by atoms with E-state index in [2.05, 4.69) is 28.4 Å². The third-order valence-corrected chi connectivity index (χ3v) is 5.65. The number of hydrogen-bond acceptors (Lipinski definition) is 4. The highest BCUT2D eigenvalue weighted by molar-refractivity contribution is 5.85. The highest BCUT2D eigenvalue weighted by Crippen LogP contribution is 2.27. The molecule has 3 rings (SSSR count). The average molecular weight is 369 g/mol. The number of halogens is 1. The summed E-state index contributed by atoms with van der Waals surface area (Å²) in [6.45, 7) is 4.48. The van der Waals surface area contributed by atoms with E-state index in [9.17, 15) is 5.11 Å². The van der Waals surface area contributed by atoms with E-state index in [4.69, 9.17) is 4.74 Å². The van der Waals surface area contributed by atoms with Gasteiger partial charge < -0.3 is 15.2 Å². The lowest BCUT2D eigenvalue weighted by molar-refractivity contribution is 0.0591. The van der Waals surface area contributed by atoms with Crippen molar-refractivity contribution in [2.45, 2.75) is 57.2 Å². The van der Waals surface area contributed by atoms with Crippen molar-refractivity contribution < 1.29 is 9.84 Å². The van der Waals surface area contributed by atoms with Crippen LogP contribution in [-0.2, 0) is 6.54 Å². The lowest BCUT2D eigenvalue weighted by Crippen LogP contribution is -2.43. The maximum Gasteiger partial charge on any atom is 0.119 e. The molecule has 1 saturated heterocycles. The number of methoxy groups -OCH3 is 1. The summed E-state index contributed by atoms with van der Waals surface area (Å²) in [6, 6.07) is 9.07. The molecule has 2 fully saturated rings. The van der Waals surface area contributed by atoms with Gasteiger partial charge in [0.15, 0.2) is 0 Å². The van der Waals surface area contributed by atoms with Gasteiger partial charge >= 0.3 is 0 Å². The van der Waals surface area contributed by atoms with Gasteiger partial charge in [-0.1, -0.05) is 12.1 Å². The van der Waals surface area contributed by atoms with Crippen molar-refractivity contribution in [3.8, 4) is 5.75 Å². The van der Waals surface area contributed by atoms with Crippen LogP contribution in [0.25, 0.3) is 0 Å². The third kappa shape index (κ3) is 6.14. The summed E-state index contributed by atoms with van der Waals surface area (Å²) in [5.41, 5.74) is 1.33. The Balaban J connectivity index is 0.00000225. The first-order valence-electron chi connectivity index (χ1n) is 9.50. The maximum atomic E-state index is 9.84. The fourth-order valence-corrected chi connectivity index (χ4v) is 4.17. The Kier molecular flexibility index (Phi) is 8.50. The Labute approximate surface area is 158 Å². The van der Waals surface area contributed by atoms with Gasteiger partial charge in [-0.3, -0.25) is 4.90 Å². The zero-order valence-corrected chi connectivity index (χ0v) is 16.1. The van der Waals surface area contributed by atoms with Gasteiger partial charge in [0.25, 0.3) is 0 Å². The van der Waals surface area contributed by atoms with E-state index < -0.39 is 0 Å². The quantitative estimate of drug-likeness (QED) is 0.809. The van der Waals surface area contributed by atoms with Crippen molar-refractivity contribution in [1.82, 2.24) is 10.2 Å². The number of benzene rings is 1. The number of hydrogen-bond donors (Lipinski definition) is 2. The molecule has 1 aromatic carbocycles. The van der Waals surface area contributed by atoms with Crippen molar-refractivity contribution in [3.63, 3.8) is 0 Å². The predicted molar refractivity (Wildman–Crippen MR) is 105 cm³/mol. The van der Waals surface area contributed by atoms with E-state index in [1.807, 2.05) is 6.07 Å². The zero-order valence-electron chi connectivity index (χ0n) is 15.3.